The largest absolute Gasteiger partial charge is 0.497 e. The lowest BCUT2D eigenvalue weighted by Gasteiger charge is -2.35. The number of nitrogens with zero attached hydrogens (tertiary/aromatic N) is 1. The molecule has 2 rings (SSSR count). The van der Waals surface area contributed by atoms with Gasteiger partial charge in [0.2, 0.25) is 10.0 Å². The van der Waals surface area contributed by atoms with E-state index in [1.54, 1.807) is 37.4 Å². The van der Waals surface area contributed by atoms with Crippen molar-refractivity contribution in [2.24, 2.45) is 0 Å². The molecule has 1 aliphatic rings. The standard InChI is InChI=1S/C18H29NO6S2/c1-14-12-17(24-3)13-15(2)18(14)27(22,23)19-10-6-5-8-16(19)9-7-11-25-26(4,20)21/h12-13,16H,5-11H2,1-4H3. The zero-order valence-corrected chi connectivity index (χ0v) is 18.0. The van der Waals surface area contributed by atoms with E-state index < -0.39 is 20.1 Å². The number of rotatable bonds is 8. The molecule has 0 radical (unpaired) electrons. The Hall–Kier alpha value is -1.16. The van der Waals surface area contributed by atoms with Gasteiger partial charge in [0.15, 0.2) is 0 Å². The summed E-state index contributed by atoms with van der Waals surface area (Å²) in [7, 11) is -5.56. The van der Waals surface area contributed by atoms with Crippen LogP contribution in [0.5, 0.6) is 5.75 Å². The highest BCUT2D eigenvalue weighted by molar-refractivity contribution is 7.89. The second kappa shape index (κ2) is 8.89. The van der Waals surface area contributed by atoms with Crippen molar-refractivity contribution in [2.75, 3.05) is 26.5 Å². The predicted octanol–water partition coefficient (Wildman–Crippen LogP) is 2.61. The molecule has 0 N–H and O–H groups in total. The van der Waals surface area contributed by atoms with Crippen LogP contribution < -0.4 is 4.74 Å². The molecule has 1 aromatic carbocycles. The first-order valence-electron chi connectivity index (χ1n) is 9.07. The van der Waals surface area contributed by atoms with Gasteiger partial charge in [-0.2, -0.15) is 12.7 Å². The van der Waals surface area contributed by atoms with Crippen LogP contribution in [-0.4, -0.2) is 53.7 Å². The second-order valence-electron chi connectivity index (χ2n) is 7.02. The summed E-state index contributed by atoms with van der Waals surface area (Å²) in [4.78, 5) is 0.336. The molecule has 0 amide bonds. The van der Waals surface area contributed by atoms with Crippen molar-refractivity contribution in [2.45, 2.75) is 56.9 Å². The van der Waals surface area contributed by atoms with Crippen molar-refractivity contribution >= 4 is 20.1 Å². The van der Waals surface area contributed by atoms with E-state index in [1.165, 1.54) is 0 Å². The molecule has 154 valence electrons. The summed E-state index contributed by atoms with van der Waals surface area (Å²) in [6, 6.07) is 3.32. The lowest BCUT2D eigenvalue weighted by atomic mass is 10.0. The Kier molecular flexibility index (Phi) is 7.29. The minimum absolute atomic E-state index is 0.0732. The van der Waals surface area contributed by atoms with Gasteiger partial charge < -0.3 is 4.74 Å². The highest BCUT2D eigenvalue weighted by Gasteiger charge is 2.35. The third-order valence-electron chi connectivity index (χ3n) is 4.79. The predicted molar refractivity (Wildman–Crippen MR) is 104 cm³/mol. The number of hydrogen-bond acceptors (Lipinski definition) is 6. The molecule has 7 nitrogen and oxygen atoms in total. The van der Waals surface area contributed by atoms with Gasteiger partial charge in [0.25, 0.3) is 10.1 Å². The molecule has 1 heterocycles. The highest BCUT2D eigenvalue weighted by Crippen LogP contribution is 2.32. The average Bonchev–Trinajstić information content (AvgIpc) is 2.57. The van der Waals surface area contributed by atoms with Gasteiger partial charge in [-0.05, 0) is 62.8 Å². The maximum Gasteiger partial charge on any atom is 0.264 e. The molecular weight excluding hydrogens is 390 g/mol. The summed E-state index contributed by atoms with van der Waals surface area (Å²) in [5.41, 5.74) is 1.33. The molecule has 27 heavy (non-hydrogen) atoms. The fourth-order valence-electron chi connectivity index (χ4n) is 3.66. The van der Waals surface area contributed by atoms with Crippen LogP contribution in [0.1, 0.15) is 43.2 Å². The first kappa shape index (κ1) is 22.1. The summed E-state index contributed by atoms with van der Waals surface area (Å²) in [6.45, 7) is 4.11. The fourth-order valence-corrected chi connectivity index (χ4v) is 6.22. The topological polar surface area (TPSA) is 90.0 Å². The molecule has 1 aromatic rings. The number of hydrogen-bond donors (Lipinski definition) is 0. The number of aryl methyl sites for hydroxylation is 2. The molecule has 9 heteroatoms. The summed E-state index contributed by atoms with van der Waals surface area (Å²) in [6.07, 6.45) is 4.63. The second-order valence-corrected chi connectivity index (χ2v) is 10.5. The van der Waals surface area contributed by atoms with Crippen LogP contribution in [0.4, 0.5) is 0 Å². The van der Waals surface area contributed by atoms with Crippen LogP contribution in [0.3, 0.4) is 0 Å². The van der Waals surface area contributed by atoms with Gasteiger partial charge in [-0.25, -0.2) is 8.42 Å². The SMILES string of the molecule is COc1cc(C)c(S(=O)(=O)N2CCCCC2CCCOS(C)(=O)=O)c(C)c1. The zero-order chi connectivity index (χ0) is 20.2. The van der Waals surface area contributed by atoms with Crippen molar-refractivity contribution in [3.8, 4) is 5.75 Å². The lowest BCUT2D eigenvalue weighted by molar-refractivity contribution is 0.221. The van der Waals surface area contributed by atoms with Crippen LogP contribution in [-0.2, 0) is 24.3 Å². The highest BCUT2D eigenvalue weighted by atomic mass is 32.2. The molecule has 1 atom stereocenters. The Labute approximate surface area is 162 Å². The van der Waals surface area contributed by atoms with Crippen molar-refractivity contribution < 1.29 is 25.8 Å². The van der Waals surface area contributed by atoms with E-state index >= 15 is 0 Å². The van der Waals surface area contributed by atoms with E-state index in [1.807, 2.05) is 0 Å². The van der Waals surface area contributed by atoms with Gasteiger partial charge in [-0.15, -0.1) is 0 Å². The Balaban J connectivity index is 2.22. The Bertz CT molecular complexity index is 841. The molecular formula is C18H29NO6S2. The van der Waals surface area contributed by atoms with Crippen LogP contribution in [0.2, 0.25) is 0 Å². The van der Waals surface area contributed by atoms with Crippen molar-refractivity contribution in [3.63, 3.8) is 0 Å². The third kappa shape index (κ3) is 5.66. The van der Waals surface area contributed by atoms with Crippen LogP contribution in [0.25, 0.3) is 0 Å². The normalized spacial score (nSPS) is 19.2. The molecule has 0 aromatic heterocycles. The summed E-state index contributed by atoms with van der Waals surface area (Å²) >= 11 is 0. The first-order chi connectivity index (χ1) is 12.6. The van der Waals surface area contributed by atoms with Gasteiger partial charge in [0.05, 0.1) is 24.9 Å². The number of sulfonamides is 1. The van der Waals surface area contributed by atoms with Crippen LogP contribution in [0, 0.1) is 13.8 Å². The molecule has 0 bridgehead atoms. The van der Waals surface area contributed by atoms with Crippen LogP contribution >= 0.6 is 0 Å². The number of benzene rings is 1. The van der Waals surface area contributed by atoms with E-state index in [0.717, 1.165) is 25.5 Å². The average molecular weight is 420 g/mol. The third-order valence-corrected chi connectivity index (χ3v) is 7.64. The minimum Gasteiger partial charge on any atom is -0.497 e. The maximum absolute atomic E-state index is 13.4. The molecule has 0 spiro atoms. The number of methoxy groups -OCH3 is 1. The van der Waals surface area contributed by atoms with E-state index in [9.17, 15) is 16.8 Å². The van der Waals surface area contributed by atoms with Gasteiger partial charge in [0.1, 0.15) is 5.75 Å². The Morgan fingerprint density at radius 2 is 1.74 bits per heavy atom. The minimum atomic E-state index is -3.64. The van der Waals surface area contributed by atoms with Gasteiger partial charge in [-0.3, -0.25) is 4.18 Å². The molecule has 0 saturated carbocycles. The number of piperidine rings is 1. The molecule has 1 saturated heterocycles. The van der Waals surface area contributed by atoms with E-state index in [4.69, 9.17) is 8.92 Å². The Morgan fingerprint density at radius 3 is 2.30 bits per heavy atom. The fraction of sp³-hybridized carbons (Fsp3) is 0.667. The lowest BCUT2D eigenvalue weighted by Crippen LogP contribution is -2.44. The molecule has 0 aliphatic carbocycles. The van der Waals surface area contributed by atoms with E-state index in [0.29, 0.717) is 41.2 Å². The van der Waals surface area contributed by atoms with E-state index in [-0.39, 0.29) is 12.6 Å². The summed E-state index contributed by atoms with van der Waals surface area (Å²) in [5.74, 6) is 0.636. The number of ether oxygens (including phenoxy) is 1. The van der Waals surface area contributed by atoms with E-state index in [2.05, 4.69) is 0 Å². The zero-order valence-electron chi connectivity index (χ0n) is 16.4. The summed E-state index contributed by atoms with van der Waals surface area (Å²) in [5, 5.41) is 0. The van der Waals surface area contributed by atoms with Crippen molar-refractivity contribution in [1.82, 2.24) is 4.31 Å². The molecule has 1 aliphatic heterocycles. The summed E-state index contributed by atoms with van der Waals surface area (Å²) < 4.78 is 60.5. The van der Waals surface area contributed by atoms with Gasteiger partial charge in [0, 0.05) is 12.6 Å². The molecule has 1 fully saturated rings. The van der Waals surface area contributed by atoms with Crippen molar-refractivity contribution in [3.05, 3.63) is 23.3 Å². The maximum atomic E-state index is 13.4. The van der Waals surface area contributed by atoms with Gasteiger partial charge >= 0.3 is 0 Å². The molecule has 1 unspecified atom stereocenters. The van der Waals surface area contributed by atoms with Gasteiger partial charge in [-0.1, -0.05) is 6.42 Å². The van der Waals surface area contributed by atoms with Crippen molar-refractivity contribution in [1.29, 1.82) is 0 Å². The smallest absolute Gasteiger partial charge is 0.264 e. The Morgan fingerprint density at radius 1 is 1.11 bits per heavy atom. The van der Waals surface area contributed by atoms with Crippen LogP contribution in [0.15, 0.2) is 17.0 Å². The first-order valence-corrected chi connectivity index (χ1v) is 12.3. The quantitative estimate of drug-likeness (QED) is 0.475. The monoisotopic (exact) mass is 419 g/mol.